The Hall–Kier alpha value is -0.120. The fraction of sp³-hybridized carbons (Fsp3) is 1.00. The summed E-state index contributed by atoms with van der Waals surface area (Å²) in [6.07, 6.45) is 0.631. The zero-order valence-corrected chi connectivity index (χ0v) is 9.24. The summed E-state index contributed by atoms with van der Waals surface area (Å²) in [5.74, 6) is 0. The van der Waals surface area contributed by atoms with Crippen LogP contribution in [0.25, 0.3) is 0 Å². The van der Waals surface area contributed by atoms with Gasteiger partial charge in [-0.05, 0) is 41.3 Å². The van der Waals surface area contributed by atoms with Crippen LogP contribution in [0.1, 0.15) is 27.2 Å². The SMILES string of the molecule is CC1O[C@H](C)C[C@@](C)(N(C)C)[C@@H]1O. The Bertz CT molecular complexity index is 184. The van der Waals surface area contributed by atoms with E-state index >= 15 is 0 Å². The molecule has 0 aromatic carbocycles. The minimum absolute atomic E-state index is 0.0730. The van der Waals surface area contributed by atoms with Crippen molar-refractivity contribution in [1.29, 1.82) is 0 Å². The van der Waals surface area contributed by atoms with Gasteiger partial charge in [-0.2, -0.15) is 0 Å². The minimum atomic E-state index is -0.404. The molecule has 13 heavy (non-hydrogen) atoms. The molecule has 4 atom stereocenters. The van der Waals surface area contributed by atoms with Crippen molar-refractivity contribution in [1.82, 2.24) is 4.90 Å². The molecule has 1 rings (SSSR count). The van der Waals surface area contributed by atoms with E-state index in [0.717, 1.165) is 6.42 Å². The largest absolute Gasteiger partial charge is 0.388 e. The summed E-state index contributed by atoms with van der Waals surface area (Å²) in [6.45, 7) is 6.08. The lowest BCUT2D eigenvalue weighted by Gasteiger charge is -2.48. The van der Waals surface area contributed by atoms with Crippen molar-refractivity contribution in [2.45, 2.75) is 51.0 Å². The minimum Gasteiger partial charge on any atom is -0.388 e. The molecule has 0 aliphatic carbocycles. The van der Waals surface area contributed by atoms with Crippen LogP contribution in [0.2, 0.25) is 0 Å². The molecule has 1 aliphatic rings. The second-order valence-electron chi connectivity index (χ2n) is 4.55. The first-order valence-corrected chi connectivity index (χ1v) is 4.89. The first-order chi connectivity index (χ1) is 5.88. The maximum atomic E-state index is 10.0. The molecule has 3 nitrogen and oxygen atoms in total. The lowest BCUT2D eigenvalue weighted by molar-refractivity contribution is -0.168. The van der Waals surface area contributed by atoms with Gasteiger partial charge in [0.15, 0.2) is 0 Å². The van der Waals surface area contributed by atoms with Crippen LogP contribution in [-0.2, 0) is 4.74 Å². The van der Waals surface area contributed by atoms with Crippen molar-refractivity contribution in [2.24, 2.45) is 0 Å². The van der Waals surface area contributed by atoms with Crippen molar-refractivity contribution in [2.75, 3.05) is 14.1 Å². The van der Waals surface area contributed by atoms with E-state index in [1.54, 1.807) is 0 Å². The Balaban J connectivity index is 2.82. The Kier molecular flexibility index (Phi) is 3.00. The van der Waals surface area contributed by atoms with Crippen molar-refractivity contribution in [3.63, 3.8) is 0 Å². The summed E-state index contributed by atoms with van der Waals surface area (Å²) in [7, 11) is 4.02. The predicted octanol–water partition coefficient (Wildman–Crippen LogP) is 0.865. The maximum absolute atomic E-state index is 10.0. The molecule has 0 bridgehead atoms. The van der Waals surface area contributed by atoms with Gasteiger partial charge in [0.25, 0.3) is 0 Å². The topological polar surface area (TPSA) is 32.7 Å². The normalized spacial score (nSPS) is 46.8. The molecule has 1 saturated heterocycles. The Labute approximate surface area is 80.7 Å². The first kappa shape index (κ1) is 11.0. The standard InChI is InChI=1S/C10H21NO2/c1-7-6-10(3,11(4)5)9(12)8(2)13-7/h7-9,12H,6H2,1-5H3/t7-,8?,9-,10-/m1/s1. The molecule has 1 aliphatic heterocycles. The zero-order valence-electron chi connectivity index (χ0n) is 9.24. The number of ether oxygens (including phenoxy) is 1. The van der Waals surface area contributed by atoms with Gasteiger partial charge in [-0.15, -0.1) is 0 Å². The van der Waals surface area contributed by atoms with Crippen LogP contribution in [0.5, 0.6) is 0 Å². The van der Waals surface area contributed by atoms with E-state index in [-0.39, 0.29) is 17.7 Å². The van der Waals surface area contributed by atoms with Gasteiger partial charge in [-0.25, -0.2) is 0 Å². The van der Waals surface area contributed by atoms with Crippen molar-refractivity contribution < 1.29 is 9.84 Å². The number of nitrogens with zero attached hydrogens (tertiary/aromatic N) is 1. The first-order valence-electron chi connectivity index (χ1n) is 4.89. The van der Waals surface area contributed by atoms with E-state index in [1.165, 1.54) is 0 Å². The molecule has 1 fully saturated rings. The second-order valence-corrected chi connectivity index (χ2v) is 4.55. The second kappa shape index (κ2) is 3.56. The van der Waals surface area contributed by atoms with Crippen LogP contribution in [0.3, 0.4) is 0 Å². The highest BCUT2D eigenvalue weighted by molar-refractivity contribution is 4.98. The highest BCUT2D eigenvalue weighted by Gasteiger charge is 2.44. The average molecular weight is 187 g/mol. The van der Waals surface area contributed by atoms with E-state index in [2.05, 4.69) is 18.7 Å². The Morgan fingerprint density at radius 2 is 1.92 bits per heavy atom. The molecule has 3 heteroatoms. The van der Waals surface area contributed by atoms with Crippen molar-refractivity contribution in [3.8, 4) is 0 Å². The zero-order chi connectivity index (χ0) is 10.2. The van der Waals surface area contributed by atoms with E-state index in [9.17, 15) is 5.11 Å². The van der Waals surface area contributed by atoms with Gasteiger partial charge in [0.05, 0.1) is 18.3 Å². The van der Waals surface area contributed by atoms with E-state index in [1.807, 2.05) is 21.0 Å². The van der Waals surface area contributed by atoms with Gasteiger partial charge in [0.2, 0.25) is 0 Å². The van der Waals surface area contributed by atoms with Gasteiger partial charge in [0, 0.05) is 5.54 Å². The predicted molar refractivity (Wildman–Crippen MR) is 52.7 cm³/mol. The van der Waals surface area contributed by atoms with Gasteiger partial charge >= 0.3 is 0 Å². The highest BCUT2D eigenvalue weighted by Crippen LogP contribution is 2.32. The summed E-state index contributed by atoms with van der Waals surface area (Å²) in [4.78, 5) is 2.09. The van der Waals surface area contributed by atoms with Gasteiger partial charge in [-0.3, -0.25) is 0 Å². The van der Waals surface area contributed by atoms with E-state index in [0.29, 0.717) is 0 Å². The molecular formula is C10H21NO2. The molecule has 78 valence electrons. The number of hydrogen-bond donors (Lipinski definition) is 1. The smallest absolute Gasteiger partial charge is 0.0980 e. The summed E-state index contributed by atoms with van der Waals surface area (Å²) < 4.78 is 5.57. The molecule has 0 saturated carbocycles. The summed E-state index contributed by atoms with van der Waals surface area (Å²) in [5.41, 5.74) is -0.156. The number of aliphatic hydroxyl groups excluding tert-OH is 1. The molecular weight excluding hydrogens is 166 g/mol. The van der Waals surface area contributed by atoms with Crippen LogP contribution in [0.4, 0.5) is 0 Å². The molecule has 0 aromatic rings. The number of aliphatic hydroxyl groups is 1. The number of likely N-dealkylation sites (N-methyl/N-ethyl adjacent to an activating group) is 1. The average Bonchev–Trinajstić information content (AvgIpc) is 1.99. The molecule has 1 unspecified atom stereocenters. The lowest BCUT2D eigenvalue weighted by atomic mass is 9.82. The van der Waals surface area contributed by atoms with Crippen LogP contribution < -0.4 is 0 Å². The van der Waals surface area contributed by atoms with E-state index in [4.69, 9.17) is 4.74 Å². The summed E-state index contributed by atoms with van der Waals surface area (Å²) >= 11 is 0. The van der Waals surface area contributed by atoms with Gasteiger partial charge in [0.1, 0.15) is 0 Å². The maximum Gasteiger partial charge on any atom is 0.0980 e. The fourth-order valence-corrected chi connectivity index (χ4v) is 2.14. The molecule has 1 N–H and O–H groups in total. The lowest BCUT2D eigenvalue weighted by Crippen LogP contribution is -2.61. The van der Waals surface area contributed by atoms with Crippen LogP contribution in [0, 0.1) is 0 Å². The number of rotatable bonds is 1. The van der Waals surface area contributed by atoms with Crippen molar-refractivity contribution in [3.05, 3.63) is 0 Å². The highest BCUT2D eigenvalue weighted by atomic mass is 16.5. The Morgan fingerprint density at radius 3 is 2.38 bits per heavy atom. The molecule has 0 amide bonds. The van der Waals surface area contributed by atoms with Gasteiger partial charge < -0.3 is 14.7 Å². The molecule has 1 heterocycles. The van der Waals surface area contributed by atoms with E-state index < -0.39 is 6.10 Å². The van der Waals surface area contributed by atoms with Crippen LogP contribution >= 0.6 is 0 Å². The van der Waals surface area contributed by atoms with Crippen LogP contribution in [0.15, 0.2) is 0 Å². The molecule has 0 spiro atoms. The quantitative estimate of drug-likeness (QED) is 0.661. The fourth-order valence-electron chi connectivity index (χ4n) is 2.14. The van der Waals surface area contributed by atoms with Crippen LogP contribution in [-0.4, -0.2) is 48.0 Å². The third kappa shape index (κ3) is 1.87. The third-order valence-corrected chi connectivity index (χ3v) is 3.25. The Morgan fingerprint density at radius 1 is 1.38 bits per heavy atom. The van der Waals surface area contributed by atoms with Crippen molar-refractivity contribution >= 4 is 0 Å². The number of hydrogen-bond acceptors (Lipinski definition) is 3. The summed E-state index contributed by atoms with van der Waals surface area (Å²) in [5, 5.41) is 10.0. The molecule has 0 radical (unpaired) electrons. The van der Waals surface area contributed by atoms with Gasteiger partial charge in [-0.1, -0.05) is 0 Å². The monoisotopic (exact) mass is 187 g/mol. The molecule has 0 aromatic heterocycles. The third-order valence-electron chi connectivity index (χ3n) is 3.25. The summed E-state index contributed by atoms with van der Waals surface area (Å²) in [6, 6.07) is 0.